The number of alkyl halides is 3. The average molecular weight is 332 g/mol. The number of benzene rings is 1. The van der Waals surface area contributed by atoms with Crippen LogP contribution in [0.15, 0.2) is 29.2 Å². The molecule has 1 aromatic carbocycles. The maximum atomic E-state index is 12.3. The normalized spacial score (nSPS) is 13.4. The van der Waals surface area contributed by atoms with Crippen molar-refractivity contribution in [3.8, 4) is 0 Å². The number of aromatic nitrogens is 1. The van der Waals surface area contributed by atoms with Crippen molar-refractivity contribution in [3.63, 3.8) is 0 Å². The molecule has 0 fully saturated rings. The Hall–Kier alpha value is -1.05. The van der Waals surface area contributed by atoms with Crippen molar-refractivity contribution < 1.29 is 13.2 Å². The molecule has 2 aromatic rings. The summed E-state index contributed by atoms with van der Waals surface area (Å²) in [6.45, 7) is 3.96. The Kier molecular flexibility index (Phi) is 4.95. The summed E-state index contributed by atoms with van der Waals surface area (Å²) in [6.07, 6.45) is 0. The fourth-order valence-corrected chi connectivity index (χ4v) is 3.52. The van der Waals surface area contributed by atoms with E-state index in [1.165, 1.54) is 12.1 Å². The monoisotopic (exact) mass is 332 g/mol. The average Bonchev–Trinajstić information content (AvgIpc) is 2.70. The summed E-state index contributed by atoms with van der Waals surface area (Å²) in [5.74, 6) is 0. The molecule has 21 heavy (non-hydrogen) atoms. The first-order chi connectivity index (χ1) is 9.80. The summed E-state index contributed by atoms with van der Waals surface area (Å²) in [5, 5.41) is 4.08. The van der Waals surface area contributed by atoms with Crippen molar-refractivity contribution in [3.05, 3.63) is 45.4 Å². The number of rotatable bonds is 4. The van der Waals surface area contributed by atoms with Crippen molar-refractivity contribution >= 4 is 23.1 Å². The van der Waals surface area contributed by atoms with Gasteiger partial charge in [0.05, 0.1) is 11.7 Å². The predicted octanol–water partition coefficient (Wildman–Crippen LogP) is 4.68. The number of thiazole rings is 1. The topological polar surface area (TPSA) is 24.9 Å². The third kappa shape index (κ3) is 4.21. The number of hydrogen-bond donors (Lipinski definition) is 1. The molecule has 1 unspecified atom stereocenters. The minimum absolute atomic E-state index is 0.102. The zero-order chi connectivity index (χ0) is 15.6. The molecule has 1 N–H and O–H groups in total. The van der Waals surface area contributed by atoms with Gasteiger partial charge in [-0.3, -0.25) is 0 Å². The molecule has 0 aliphatic rings. The van der Waals surface area contributed by atoms with Gasteiger partial charge in [0.2, 0.25) is 0 Å². The van der Waals surface area contributed by atoms with E-state index in [1.54, 1.807) is 23.5 Å². The number of nitrogens with one attached hydrogen (secondary N) is 1. The summed E-state index contributed by atoms with van der Waals surface area (Å²) in [4.78, 5) is 5.85. The molecule has 0 aliphatic carbocycles. The maximum absolute atomic E-state index is 12.3. The Morgan fingerprint density at radius 2 is 1.81 bits per heavy atom. The summed E-state index contributed by atoms with van der Waals surface area (Å²) >= 11 is 1.49. The molecule has 0 saturated heterocycles. The van der Waals surface area contributed by atoms with Gasteiger partial charge in [-0.15, -0.1) is 11.3 Å². The molecule has 114 valence electrons. The quantitative estimate of drug-likeness (QED) is 0.823. The lowest BCUT2D eigenvalue weighted by molar-refractivity contribution is -0.0328. The number of halogens is 3. The van der Waals surface area contributed by atoms with E-state index in [9.17, 15) is 13.2 Å². The number of nitrogens with zero attached hydrogens (tertiary/aromatic N) is 1. The Morgan fingerprint density at radius 3 is 2.24 bits per heavy atom. The van der Waals surface area contributed by atoms with Crippen LogP contribution in [-0.2, 0) is 0 Å². The van der Waals surface area contributed by atoms with E-state index in [0.29, 0.717) is 0 Å². The summed E-state index contributed by atoms with van der Waals surface area (Å²) in [6, 6.07) is 6.30. The second-order valence-corrected chi connectivity index (χ2v) is 6.91. The van der Waals surface area contributed by atoms with E-state index < -0.39 is 5.51 Å². The molecule has 1 atom stereocenters. The van der Waals surface area contributed by atoms with Crippen LogP contribution in [0.4, 0.5) is 13.2 Å². The van der Waals surface area contributed by atoms with Crippen molar-refractivity contribution in [2.24, 2.45) is 0 Å². The van der Waals surface area contributed by atoms with Crippen LogP contribution in [0.2, 0.25) is 0 Å². The lowest BCUT2D eigenvalue weighted by Gasteiger charge is -2.14. The summed E-state index contributed by atoms with van der Waals surface area (Å²) < 4.78 is 37.0. The molecular weight excluding hydrogens is 317 g/mol. The van der Waals surface area contributed by atoms with Crippen molar-refractivity contribution in [2.45, 2.75) is 30.3 Å². The van der Waals surface area contributed by atoms with Gasteiger partial charge in [0.15, 0.2) is 0 Å². The van der Waals surface area contributed by atoms with Gasteiger partial charge in [0, 0.05) is 9.77 Å². The molecule has 1 aromatic heterocycles. The lowest BCUT2D eigenvalue weighted by atomic mass is 10.1. The Balaban J connectivity index is 2.23. The van der Waals surface area contributed by atoms with Gasteiger partial charge >= 0.3 is 5.51 Å². The molecule has 0 spiro atoms. The van der Waals surface area contributed by atoms with E-state index in [4.69, 9.17) is 0 Å². The van der Waals surface area contributed by atoms with Crippen LogP contribution in [-0.4, -0.2) is 17.5 Å². The molecular formula is C14H15F3N2S2. The largest absolute Gasteiger partial charge is 0.446 e. The highest BCUT2D eigenvalue weighted by Gasteiger charge is 2.29. The van der Waals surface area contributed by atoms with E-state index in [1.807, 2.05) is 20.9 Å². The van der Waals surface area contributed by atoms with Gasteiger partial charge in [0.25, 0.3) is 0 Å². The van der Waals surface area contributed by atoms with E-state index >= 15 is 0 Å². The molecule has 0 amide bonds. The first-order valence-electron chi connectivity index (χ1n) is 6.27. The predicted molar refractivity (Wildman–Crippen MR) is 80.8 cm³/mol. The van der Waals surface area contributed by atoms with Crippen LogP contribution in [0.1, 0.15) is 27.2 Å². The zero-order valence-corrected chi connectivity index (χ0v) is 13.4. The molecule has 2 rings (SSSR count). The smallest absolute Gasteiger partial charge is 0.307 e. The highest BCUT2D eigenvalue weighted by atomic mass is 32.2. The van der Waals surface area contributed by atoms with Crippen LogP contribution in [0, 0.1) is 13.8 Å². The number of hydrogen-bond acceptors (Lipinski definition) is 4. The molecule has 0 saturated carbocycles. The maximum Gasteiger partial charge on any atom is 0.446 e. The summed E-state index contributed by atoms with van der Waals surface area (Å²) in [5.41, 5.74) is -2.37. The van der Waals surface area contributed by atoms with Crippen molar-refractivity contribution in [1.82, 2.24) is 10.3 Å². The number of aryl methyl sites for hydroxylation is 2. The van der Waals surface area contributed by atoms with Crippen LogP contribution >= 0.6 is 23.1 Å². The highest BCUT2D eigenvalue weighted by molar-refractivity contribution is 8.00. The molecule has 0 aliphatic heterocycles. The van der Waals surface area contributed by atoms with Gasteiger partial charge in [-0.2, -0.15) is 13.2 Å². The Bertz CT molecular complexity index is 586. The second-order valence-electron chi connectivity index (χ2n) is 4.53. The Labute approximate surface area is 129 Å². The molecule has 7 heteroatoms. The first-order valence-corrected chi connectivity index (χ1v) is 7.90. The zero-order valence-electron chi connectivity index (χ0n) is 11.8. The van der Waals surface area contributed by atoms with Crippen LogP contribution in [0.25, 0.3) is 0 Å². The highest BCUT2D eigenvalue weighted by Crippen LogP contribution is 2.37. The van der Waals surface area contributed by atoms with Gasteiger partial charge in [0.1, 0.15) is 5.01 Å². The first kappa shape index (κ1) is 16.3. The number of thioether (sulfide) groups is 1. The van der Waals surface area contributed by atoms with Gasteiger partial charge < -0.3 is 5.32 Å². The Morgan fingerprint density at radius 1 is 1.19 bits per heavy atom. The van der Waals surface area contributed by atoms with Crippen molar-refractivity contribution in [1.29, 1.82) is 0 Å². The second kappa shape index (κ2) is 6.37. The third-order valence-electron chi connectivity index (χ3n) is 3.03. The molecule has 0 radical (unpaired) electrons. The van der Waals surface area contributed by atoms with Crippen LogP contribution in [0.3, 0.4) is 0 Å². The standard InChI is InChI=1S/C14H15F3N2S2/c1-8-9(2)20-13(19-8)12(18-3)10-4-6-11(7-5-10)21-14(15,16)17/h4-7,12,18H,1-3H3. The summed E-state index contributed by atoms with van der Waals surface area (Å²) in [7, 11) is 1.81. The van der Waals surface area contributed by atoms with Gasteiger partial charge in [-0.1, -0.05) is 12.1 Å². The fraction of sp³-hybridized carbons (Fsp3) is 0.357. The molecule has 1 heterocycles. The SMILES string of the molecule is CNC(c1ccc(SC(F)(F)F)cc1)c1nc(C)c(C)s1. The van der Waals surface area contributed by atoms with Crippen molar-refractivity contribution in [2.75, 3.05) is 7.05 Å². The molecule has 0 bridgehead atoms. The molecule has 2 nitrogen and oxygen atoms in total. The lowest BCUT2D eigenvalue weighted by Crippen LogP contribution is -2.17. The fourth-order valence-electron chi connectivity index (χ4n) is 1.92. The van der Waals surface area contributed by atoms with E-state index in [0.717, 1.165) is 21.1 Å². The minimum atomic E-state index is -4.26. The van der Waals surface area contributed by atoms with Crippen LogP contribution in [0.5, 0.6) is 0 Å². The van der Waals surface area contributed by atoms with E-state index in [2.05, 4.69) is 10.3 Å². The van der Waals surface area contributed by atoms with Crippen LogP contribution < -0.4 is 5.32 Å². The van der Waals surface area contributed by atoms with Gasteiger partial charge in [-0.25, -0.2) is 4.98 Å². The minimum Gasteiger partial charge on any atom is -0.307 e. The third-order valence-corrected chi connectivity index (χ3v) is 4.90. The van der Waals surface area contributed by atoms with E-state index in [-0.39, 0.29) is 22.7 Å². The van der Waals surface area contributed by atoms with Gasteiger partial charge in [-0.05, 0) is 50.4 Å².